The van der Waals surface area contributed by atoms with E-state index in [1.54, 1.807) is 39.0 Å². The zero-order valence-corrected chi connectivity index (χ0v) is 10.9. The summed E-state index contributed by atoms with van der Waals surface area (Å²) in [6, 6.07) is 8.07. The van der Waals surface area contributed by atoms with E-state index in [4.69, 9.17) is 0 Å². The Labute approximate surface area is 103 Å². The van der Waals surface area contributed by atoms with E-state index in [-0.39, 0.29) is 5.56 Å². The fourth-order valence-corrected chi connectivity index (χ4v) is 1.66. The van der Waals surface area contributed by atoms with Crippen LogP contribution in [0.2, 0.25) is 0 Å². The Morgan fingerprint density at radius 2 is 1.82 bits per heavy atom. The van der Waals surface area contributed by atoms with Crippen LogP contribution >= 0.6 is 0 Å². The summed E-state index contributed by atoms with van der Waals surface area (Å²) in [5.74, 6) is -0.871. The molecule has 3 nitrogen and oxygen atoms in total. The van der Waals surface area contributed by atoms with Crippen molar-refractivity contribution in [1.82, 2.24) is 4.72 Å². The predicted octanol–water partition coefficient (Wildman–Crippen LogP) is 2.28. The molecule has 1 N–H and O–H groups in total. The zero-order valence-electron chi connectivity index (χ0n) is 10.1. The molecule has 0 heterocycles. The molecular formula is C12H16FNO2S. The van der Waals surface area contributed by atoms with E-state index in [0.717, 1.165) is 0 Å². The van der Waals surface area contributed by atoms with Crippen LogP contribution in [-0.2, 0) is 15.8 Å². The smallest absolute Gasteiger partial charge is 0.270 e. The molecule has 0 radical (unpaired) electrons. The molecule has 94 valence electrons. The molecule has 0 saturated carbocycles. The maximum atomic E-state index is 13.7. The average molecular weight is 257 g/mol. The van der Waals surface area contributed by atoms with Crippen LogP contribution in [-0.4, -0.2) is 14.9 Å². The van der Waals surface area contributed by atoms with Gasteiger partial charge in [-0.15, -0.1) is 0 Å². The Morgan fingerprint density at radius 1 is 1.29 bits per heavy atom. The summed E-state index contributed by atoms with van der Waals surface area (Å²) < 4.78 is 26.9. The van der Waals surface area contributed by atoms with Gasteiger partial charge in [0.1, 0.15) is 11.0 Å². The van der Waals surface area contributed by atoms with Crippen LogP contribution in [0.3, 0.4) is 0 Å². The molecule has 0 aliphatic heterocycles. The van der Waals surface area contributed by atoms with Gasteiger partial charge in [0.15, 0.2) is 0 Å². The van der Waals surface area contributed by atoms with Gasteiger partial charge in [0.05, 0.1) is 4.75 Å². The van der Waals surface area contributed by atoms with E-state index < -0.39 is 27.8 Å². The number of hydrogen-bond donors (Lipinski definition) is 1. The van der Waals surface area contributed by atoms with Crippen molar-refractivity contribution < 1.29 is 13.4 Å². The van der Waals surface area contributed by atoms with E-state index >= 15 is 0 Å². The van der Waals surface area contributed by atoms with Gasteiger partial charge in [-0.1, -0.05) is 30.3 Å². The lowest BCUT2D eigenvalue weighted by atomic mass is 10.1. The highest BCUT2D eigenvalue weighted by Crippen LogP contribution is 2.18. The number of carbonyl (C=O) groups is 1. The molecule has 0 aliphatic rings. The first-order valence-corrected chi connectivity index (χ1v) is 6.39. The number of hydrogen-bond acceptors (Lipinski definition) is 2. The summed E-state index contributed by atoms with van der Waals surface area (Å²) >= 11 is 0. The summed E-state index contributed by atoms with van der Waals surface area (Å²) in [5, 5.41) is 0. The summed E-state index contributed by atoms with van der Waals surface area (Å²) in [5.41, 5.74) is 0.260. The molecule has 0 fully saturated rings. The molecule has 0 spiro atoms. The topological polar surface area (TPSA) is 46.2 Å². The Balaban J connectivity index is 2.69. The van der Waals surface area contributed by atoms with E-state index in [2.05, 4.69) is 4.72 Å². The van der Waals surface area contributed by atoms with Crippen LogP contribution in [0, 0.1) is 0 Å². The fourth-order valence-electron chi connectivity index (χ4n) is 1.07. The Bertz CT molecular complexity index is 414. The fraction of sp³-hybridized carbons (Fsp3) is 0.417. The van der Waals surface area contributed by atoms with Crippen molar-refractivity contribution in [3.8, 4) is 0 Å². The lowest BCUT2D eigenvalue weighted by molar-refractivity contribution is -0.124. The van der Waals surface area contributed by atoms with Gasteiger partial charge >= 0.3 is 0 Å². The second-order valence-corrected chi connectivity index (χ2v) is 6.59. The minimum atomic E-state index is -1.79. The summed E-state index contributed by atoms with van der Waals surface area (Å²) in [6.45, 7) is 5.12. The molecule has 0 saturated heterocycles. The largest absolute Gasteiger partial charge is 0.272 e. The van der Waals surface area contributed by atoms with Gasteiger partial charge in [0.2, 0.25) is 6.17 Å². The second-order valence-electron chi connectivity index (χ2n) is 4.62. The normalized spacial score (nSPS) is 15.1. The molecular weight excluding hydrogens is 241 g/mol. The highest BCUT2D eigenvalue weighted by Gasteiger charge is 2.26. The summed E-state index contributed by atoms with van der Waals surface area (Å²) in [6.07, 6.45) is -1.79. The molecule has 1 amide bonds. The molecule has 1 aromatic rings. The summed E-state index contributed by atoms with van der Waals surface area (Å²) in [7, 11) is -1.60. The van der Waals surface area contributed by atoms with Gasteiger partial charge in [-0.05, 0) is 26.3 Å². The molecule has 1 rings (SSSR count). The number of halogens is 1. The molecule has 0 aliphatic carbocycles. The first kappa shape index (κ1) is 13.8. The minimum Gasteiger partial charge on any atom is -0.272 e. The molecule has 5 heteroatoms. The van der Waals surface area contributed by atoms with Crippen molar-refractivity contribution in [3.63, 3.8) is 0 Å². The van der Waals surface area contributed by atoms with Gasteiger partial charge in [-0.2, -0.15) is 0 Å². The second kappa shape index (κ2) is 5.40. The lowest BCUT2D eigenvalue weighted by Gasteiger charge is -2.18. The Morgan fingerprint density at radius 3 is 2.29 bits per heavy atom. The van der Waals surface area contributed by atoms with E-state index in [9.17, 15) is 13.4 Å². The lowest BCUT2D eigenvalue weighted by Crippen LogP contribution is -2.38. The average Bonchev–Trinajstić information content (AvgIpc) is 2.27. The number of alkyl halides is 1. The first-order valence-electron chi connectivity index (χ1n) is 5.24. The van der Waals surface area contributed by atoms with Gasteiger partial charge in [0, 0.05) is 0 Å². The third kappa shape index (κ3) is 3.93. The van der Waals surface area contributed by atoms with Crippen molar-refractivity contribution in [2.24, 2.45) is 0 Å². The number of carbonyl (C=O) groups excluding carboxylic acids is 1. The molecule has 0 unspecified atom stereocenters. The molecule has 0 aromatic heterocycles. The molecule has 1 aromatic carbocycles. The zero-order chi connectivity index (χ0) is 13.1. The van der Waals surface area contributed by atoms with Crippen LogP contribution in [0.4, 0.5) is 4.39 Å². The van der Waals surface area contributed by atoms with Crippen LogP contribution in [0.25, 0.3) is 0 Å². The SMILES string of the molecule is CC(C)(C)[S@@](=O)NC(=O)[C@@H](F)c1ccccc1. The summed E-state index contributed by atoms with van der Waals surface area (Å²) in [4.78, 5) is 11.5. The van der Waals surface area contributed by atoms with E-state index in [1.807, 2.05) is 0 Å². The standard InChI is InChI=1S/C12H16FNO2S/c1-12(2,3)17(16)14-11(15)10(13)9-7-5-4-6-8-9/h4-8,10H,1-3H3,(H,14,15)/t10-,17+/m0/s1. The van der Waals surface area contributed by atoms with Crippen LogP contribution < -0.4 is 4.72 Å². The third-order valence-electron chi connectivity index (χ3n) is 2.07. The minimum absolute atomic E-state index is 0.260. The number of rotatable bonds is 3. The van der Waals surface area contributed by atoms with Crippen LogP contribution in [0.5, 0.6) is 0 Å². The van der Waals surface area contributed by atoms with Crippen molar-refractivity contribution in [2.45, 2.75) is 31.7 Å². The van der Waals surface area contributed by atoms with Crippen molar-refractivity contribution in [1.29, 1.82) is 0 Å². The van der Waals surface area contributed by atoms with Gasteiger partial charge in [0.25, 0.3) is 5.91 Å². The van der Waals surface area contributed by atoms with Gasteiger partial charge < -0.3 is 0 Å². The molecule has 2 atom stereocenters. The van der Waals surface area contributed by atoms with Crippen molar-refractivity contribution >= 4 is 16.9 Å². The Hall–Kier alpha value is -1.23. The maximum absolute atomic E-state index is 13.7. The Kier molecular flexibility index (Phi) is 4.40. The monoisotopic (exact) mass is 257 g/mol. The highest BCUT2D eigenvalue weighted by molar-refractivity contribution is 7.85. The van der Waals surface area contributed by atoms with Crippen LogP contribution in [0.15, 0.2) is 30.3 Å². The molecule has 17 heavy (non-hydrogen) atoms. The number of benzene rings is 1. The van der Waals surface area contributed by atoms with Gasteiger partial charge in [-0.25, -0.2) is 8.60 Å². The highest BCUT2D eigenvalue weighted by atomic mass is 32.2. The van der Waals surface area contributed by atoms with E-state index in [0.29, 0.717) is 0 Å². The quantitative estimate of drug-likeness (QED) is 0.903. The number of nitrogens with one attached hydrogen (secondary N) is 1. The molecule has 0 bridgehead atoms. The van der Waals surface area contributed by atoms with E-state index in [1.165, 1.54) is 12.1 Å². The maximum Gasteiger partial charge on any atom is 0.270 e. The van der Waals surface area contributed by atoms with Crippen molar-refractivity contribution in [3.05, 3.63) is 35.9 Å². The van der Waals surface area contributed by atoms with Crippen molar-refractivity contribution in [2.75, 3.05) is 0 Å². The first-order chi connectivity index (χ1) is 7.82. The number of amides is 1. The van der Waals surface area contributed by atoms with Crippen LogP contribution in [0.1, 0.15) is 32.5 Å². The predicted molar refractivity (Wildman–Crippen MR) is 66.3 cm³/mol. The van der Waals surface area contributed by atoms with Gasteiger partial charge in [-0.3, -0.25) is 9.52 Å². The third-order valence-corrected chi connectivity index (χ3v) is 3.57.